The highest BCUT2D eigenvalue weighted by Crippen LogP contribution is 2.41. The molecule has 1 atom stereocenters. The number of phenolic OH excluding ortho intramolecular Hbond substituents is 1. The molecule has 4 nitrogen and oxygen atoms in total. The second kappa shape index (κ2) is 10.5. The van der Waals surface area contributed by atoms with Crippen molar-refractivity contribution in [1.82, 2.24) is 5.32 Å². The molecule has 0 spiro atoms. The van der Waals surface area contributed by atoms with E-state index < -0.39 is 6.03 Å². The molecule has 0 aliphatic heterocycles. The van der Waals surface area contributed by atoms with Crippen LogP contribution in [-0.4, -0.2) is 17.7 Å². The molecule has 1 aliphatic rings. The van der Waals surface area contributed by atoms with E-state index in [1.54, 1.807) is 0 Å². The summed E-state index contributed by atoms with van der Waals surface area (Å²) >= 11 is 0. The molecule has 2 amide bonds. The summed E-state index contributed by atoms with van der Waals surface area (Å²) in [6.45, 7) is 9.44. The zero-order valence-corrected chi connectivity index (χ0v) is 18.6. The third-order valence-corrected chi connectivity index (χ3v) is 6.07. The molecule has 160 valence electrons. The van der Waals surface area contributed by atoms with Crippen LogP contribution in [-0.2, 0) is 5.41 Å². The number of primary amides is 1. The first kappa shape index (κ1) is 23.1. The van der Waals surface area contributed by atoms with Crippen molar-refractivity contribution < 1.29 is 9.90 Å². The average molecular weight is 399 g/mol. The Kier molecular flexibility index (Phi) is 8.36. The van der Waals surface area contributed by atoms with Gasteiger partial charge in [-0.25, -0.2) is 4.79 Å². The fraction of sp³-hybridized carbons (Fsp3) is 0.560. The van der Waals surface area contributed by atoms with Gasteiger partial charge in [0.1, 0.15) is 5.75 Å². The number of hydrogen-bond acceptors (Lipinski definition) is 2. The molecule has 0 bridgehead atoms. The highest BCUT2D eigenvalue weighted by atomic mass is 16.3. The Bertz CT molecular complexity index is 762. The van der Waals surface area contributed by atoms with Gasteiger partial charge in [0.15, 0.2) is 0 Å². The van der Waals surface area contributed by atoms with Crippen LogP contribution in [0.15, 0.2) is 35.9 Å². The largest absolute Gasteiger partial charge is 0.507 e. The summed E-state index contributed by atoms with van der Waals surface area (Å²) in [5, 5.41) is 13.6. The monoisotopic (exact) mass is 398 g/mol. The molecule has 0 radical (unpaired) electrons. The Morgan fingerprint density at radius 2 is 2.03 bits per heavy atom. The molecular formula is C25H38N2O2. The SMILES string of the molecule is CCCCCCC(C)(C)c1ccc(C2=C(CCNC(N)=O)C=CCC2C)c(O)c1. The van der Waals surface area contributed by atoms with E-state index in [4.69, 9.17) is 5.73 Å². The Balaban J connectivity index is 2.25. The minimum absolute atomic E-state index is 0.0461. The van der Waals surface area contributed by atoms with Crippen LogP contribution < -0.4 is 11.1 Å². The van der Waals surface area contributed by atoms with Gasteiger partial charge in [0.2, 0.25) is 0 Å². The van der Waals surface area contributed by atoms with E-state index in [-0.39, 0.29) is 5.41 Å². The van der Waals surface area contributed by atoms with Gasteiger partial charge < -0.3 is 16.2 Å². The van der Waals surface area contributed by atoms with Crippen molar-refractivity contribution in [2.24, 2.45) is 11.7 Å². The molecule has 0 aromatic heterocycles. The molecule has 1 unspecified atom stereocenters. The van der Waals surface area contributed by atoms with Gasteiger partial charge >= 0.3 is 6.03 Å². The van der Waals surface area contributed by atoms with Crippen LogP contribution in [0.3, 0.4) is 0 Å². The minimum Gasteiger partial charge on any atom is -0.507 e. The van der Waals surface area contributed by atoms with Gasteiger partial charge in [-0.3, -0.25) is 0 Å². The first-order chi connectivity index (χ1) is 13.8. The number of allylic oxidation sites excluding steroid dienone is 3. The predicted molar refractivity (Wildman–Crippen MR) is 122 cm³/mol. The number of benzene rings is 1. The lowest BCUT2D eigenvalue weighted by atomic mass is 9.77. The summed E-state index contributed by atoms with van der Waals surface area (Å²) in [7, 11) is 0. The van der Waals surface area contributed by atoms with Crippen molar-refractivity contribution in [2.45, 2.75) is 78.1 Å². The maximum Gasteiger partial charge on any atom is 0.312 e. The van der Waals surface area contributed by atoms with Crippen molar-refractivity contribution >= 4 is 11.6 Å². The van der Waals surface area contributed by atoms with Gasteiger partial charge in [0.25, 0.3) is 0 Å². The number of aromatic hydroxyl groups is 1. The third kappa shape index (κ3) is 6.38. The summed E-state index contributed by atoms with van der Waals surface area (Å²) in [6.07, 6.45) is 12.1. The van der Waals surface area contributed by atoms with E-state index >= 15 is 0 Å². The fourth-order valence-electron chi connectivity index (χ4n) is 4.23. The van der Waals surface area contributed by atoms with Crippen LogP contribution >= 0.6 is 0 Å². The number of carbonyl (C=O) groups is 1. The Morgan fingerprint density at radius 3 is 2.69 bits per heavy atom. The van der Waals surface area contributed by atoms with E-state index in [9.17, 15) is 9.90 Å². The van der Waals surface area contributed by atoms with Crippen LogP contribution in [0.1, 0.15) is 83.8 Å². The Hall–Kier alpha value is -2.23. The van der Waals surface area contributed by atoms with Gasteiger partial charge in [-0.05, 0) is 53.4 Å². The van der Waals surface area contributed by atoms with Crippen molar-refractivity contribution in [2.75, 3.05) is 6.54 Å². The maximum atomic E-state index is 11.0. The van der Waals surface area contributed by atoms with Crippen molar-refractivity contribution in [1.29, 1.82) is 0 Å². The van der Waals surface area contributed by atoms with Crippen LogP contribution in [0.4, 0.5) is 4.79 Å². The molecule has 1 aromatic carbocycles. The lowest BCUT2D eigenvalue weighted by molar-refractivity contribution is 0.249. The van der Waals surface area contributed by atoms with E-state index in [1.165, 1.54) is 36.8 Å². The quantitative estimate of drug-likeness (QED) is 0.420. The van der Waals surface area contributed by atoms with Gasteiger partial charge in [-0.15, -0.1) is 0 Å². The number of amides is 2. The molecule has 0 fully saturated rings. The molecule has 0 saturated heterocycles. The first-order valence-corrected chi connectivity index (χ1v) is 11.0. The number of unbranched alkanes of at least 4 members (excludes halogenated alkanes) is 3. The predicted octanol–water partition coefficient (Wildman–Crippen LogP) is 6.05. The molecule has 4 N–H and O–H groups in total. The zero-order chi connectivity index (χ0) is 21.4. The van der Waals surface area contributed by atoms with Crippen molar-refractivity contribution in [3.8, 4) is 5.75 Å². The summed E-state index contributed by atoms with van der Waals surface area (Å²) in [5.41, 5.74) is 9.65. The second-order valence-corrected chi connectivity index (χ2v) is 8.95. The molecule has 1 aliphatic carbocycles. The summed E-state index contributed by atoms with van der Waals surface area (Å²) in [4.78, 5) is 11.0. The second-order valence-electron chi connectivity index (χ2n) is 8.95. The summed E-state index contributed by atoms with van der Waals surface area (Å²) in [5.74, 6) is 0.670. The number of hydrogen-bond donors (Lipinski definition) is 3. The number of phenols is 1. The lowest BCUT2D eigenvalue weighted by Gasteiger charge is -2.28. The van der Waals surface area contributed by atoms with E-state index in [2.05, 4.69) is 57.3 Å². The standard InChI is InChI=1S/C25H38N2O2/c1-5-6-7-8-15-25(3,4)20-12-13-21(22(28)17-20)23-18(2)10-9-11-19(23)14-16-27-24(26)29/h9,11-13,17-18,28H,5-8,10,14-16H2,1-4H3,(H3,26,27,29). The maximum absolute atomic E-state index is 11.0. The first-order valence-electron chi connectivity index (χ1n) is 11.0. The number of nitrogens with one attached hydrogen (secondary N) is 1. The molecule has 0 heterocycles. The average Bonchev–Trinajstić information content (AvgIpc) is 2.66. The molecule has 0 saturated carbocycles. The number of rotatable bonds is 10. The molecule has 2 rings (SSSR count). The van der Waals surface area contributed by atoms with E-state index in [0.717, 1.165) is 24.0 Å². The number of nitrogens with two attached hydrogens (primary N) is 1. The fourth-order valence-corrected chi connectivity index (χ4v) is 4.23. The Morgan fingerprint density at radius 1 is 1.28 bits per heavy atom. The van der Waals surface area contributed by atoms with Gasteiger partial charge in [0.05, 0.1) is 0 Å². The Labute approximate surface area is 176 Å². The molecular weight excluding hydrogens is 360 g/mol. The smallest absolute Gasteiger partial charge is 0.312 e. The van der Waals surface area contributed by atoms with Crippen molar-refractivity contribution in [3.63, 3.8) is 0 Å². The summed E-state index contributed by atoms with van der Waals surface area (Å²) < 4.78 is 0. The highest BCUT2D eigenvalue weighted by Gasteiger charge is 2.24. The van der Waals surface area contributed by atoms with Gasteiger partial charge in [-0.1, -0.05) is 77.7 Å². The van der Waals surface area contributed by atoms with Crippen molar-refractivity contribution in [3.05, 3.63) is 47.1 Å². The van der Waals surface area contributed by atoms with Gasteiger partial charge in [0, 0.05) is 12.1 Å². The minimum atomic E-state index is -0.506. The normalized spacial score (nSPS) is 16.9. The van der Waals surface area contributed by atoms with Crippen LogP contribution in [0, 0.1) is 5.92 Å². The lowest BCUT2D eigenvalue weighted by Crippen LogP contribution is -2.30. The van der Waals surface area contributed by atoms with Crippen LogP contribution in [0.25, 0.3) is 5.57 Å². The van der Waals surface area contributed by atoms with Gasteiger partial charge in [-0.2, -0.15) is 0 Å². The molecule has 1 aromatic rings. The zero-order valence-electron chi connectivity index (χ0n) is 18.6. The number of carbonyl (C=O) groups excluding carboxylic acids is 1. The molecule has 29 heavy (non-hydrogen) atoms. The third-order valence-electron chi connectivity index (χ3n) is 6.07. The summed E-state index contributed by atoms with van der Waals surface area (Å²) in [6, 6.07) is 5.69. The number of urea groups is 1. The topological polar surface area (TPSA) is 75.3 Å². The highest BCUT2D eigenvalue weighted by molar-refractivity contribution is 5.77. The molecule has 4 heteroatoms. The van der Waals surface area contributed by atoms with Crippen LogP contribution in [0.2, 0.25) is 0 Å². The van der Waals surface area contributed by atoms with E-state index in [0.29, 0.717) is 24.6 Å². The van der Waals surface area contributed by atoms with E-state index in [1.807, 2.05) is 6.07 Å². The van der Waals surface area contributed by atoms with Crippen LogP contribution in [0.5, 0.6) is 5.75 Å².